The Hall–Kier alpha value is -1.81. The minimum absolute atomic E-state index is 0.279. The van der Waals surface area contributed by atoms with Gasteiger partial charge in [-0.15, -0.1) is 0 Å². The zero-order chi connectivity index (χ0) is 13.9. The molecule has 0 aliphatic carbocycles. The van der Waals surface area contributed by atoms with Gasteiger partial charge in [0.15, 0.2) is 0 Å². The van der Waals surface area contributed by atoms with E-state index >= 15 is 0 Å². The van der Waals surface area contributed by atoms with Crippen molar-refractivity contribution < 1.29 is 4.74 Å². The second kappa shape index (κ2) is 5.67. The van der Waals surface area contributed by atoms with Gasteiger partial charge in [-0.3, -0.25) is 4.68 Å². The fraction of sp³-hybridized carbons (Fsp3) is 0.438. The Morgan fingerprint density at radius 3 is 3.00 bits per heavy atom. The lowest BCUT2D eigenvalue weighted by Gasteiger charge is -2.32. The molecule has 4 nitrogen and oxygen atoms in total. The van der Waals surface area contributed by atoms with Crippen LogP contribution in [0.15, 0.2) is 36.5 Å². The van der Waals surface area contributed by atoms with Crippen molar-refractivity contribution in [3.63, 3.8) is 0 Å². The van der Waals surface area contributed by atoms with Gasteiger partial charge in [0.1, 0.15) is 5.75 Å². The first kappa shape index (κ1) is 13.2. The Morgan fingerprint density at radius 2 is 2.25 bits per heavy atom. The molecule has 1 aromatic heterocycles. The van der Waals surface area contributed by atoms with E-state index in [2.05, 4.69) is 41.6 Å². The summed E-state index contributed by atoms with van der Waals surface area (Å²) in [7, 11) is 2.00. The van der Waals surface area contributed by atoms with Gasteiger partial charge in [0, 0.05) is 19.2 Å². The van der Waals surface area contributed by atoms with Crippen LogP contribution in [0.4, 0.5) is 0 Å². The molecule has 3 rings (SSSR count). The van der Waals surface area contributed by atoms with Crippen molar-refractivity contribution in [2.45, 2.75) is 19.4 Å². The van der Waals surface area contributed by atoms with Crippen molar-refractivity contribution in [2.75, 3.05) is 13.2 Å². The van der Waals surface area contributed by atoms with E-state index in [4.69, 9.17) is 4.74 Å². The van der Waals surface area contributed by atoms with Crippen LogP contribution in [0.25, 0.3) is 0 Å². The van der Waals surface area contributed by atoms with Crippen LogP contribution >= 0.6 is 0 Å². The Labute approximate surface area is 119 Å². The maximum Gasteiger partial charge on any atom is 0.122 e. The lowest BCUT2D eigenvalue weighted by molar-refractivity contribution is 0.182. The van der Waals surface area contributed by atoms with Crippen LogP contribution < -0.4 is 10.1 Å². The predicted octanol–water partition coefficient (Wildman–Crippen LogP) is 2.32. The van der Waals surface area contributed by atoms with Crippen LogP contribution in [0.3, 0.4) is 0 Å². The number of nitrogens with one attached hydrogen (secondary N) is 1. The molecule has 0 fully saturated rings. The highest BCUT2D eigenvalue weighted by molar-refractivity contribution is 5.35. The number of fused-ring (bicyclic) bond motifs is 1. The fourth-order valence-corrected chi connectivity index (χ4v) is 2.99. The lowest BCUT2D eigenvalue weighted by atomic mass is 9.88. The van der Waals surface area contributed by atoms with E-state index in [1.807, 2.05) is 24.0 Å². The summed E-state index contributed by atoms with van der Waals surface area (Å²) in [6, 6.07) is 10.7. The average molecular weight is 271 g/mol. The molecule has 0 radical (unpaired) electrons. The molecule has 106 valence electrons. The first-order valence-electron chi connectivity index (χ1n) is 7.21. The summed E-state index contributed by atoms with van der Waals surface area (Å²) in [6.45, 7) is 3.83. The van der Waals surface area contributed by atoms with Crippen molar-refractivity contribution in [1.29, 1.82) is 0 Å². The first-order valence-corrected chi connectivity index (χ1v) is 7.21. The van der Waals surface area contributed by atoms with Crippen molar-refractivity contribution in [2.24, 2.45) is 13.0 Å². The second-order valence-corrected chi connectivity index (χ2v) is 5.30. The monoisotopic (exact) mass is 271 g/mol. The minimum atomic E-state index is 0.279. The van der Waals surface area contributed by atoms with E-state index in [1.54, 1.807) is 0 Å². The Kier molecular flexibility index (Phi) is 3.74. The van der Waals surface area contributed by atoms with E-state index < -0.39 is 0 Å². The minimum Gasteiger partial charge on any atom is -0.493 e. The third-order valence-corrected chi connectivity index (χ3v) is 3.98. The summed E-state index contributed by atoms with van der Waals surface area (Å²) in [5.41, 5.74) is 2.52. The van der Waals surface area contributed by atoms with Gasteiger partial charge in [0.05, 0.1) is 18.3 Å². The van der Waals surface area contributed by atoms with Crippen LogP contribution in [0.5, 0.6) is 5.75 Å². The van der Waals surface area contributed by atoms with Gasteiger partial charge in [-0.05, 0) is 30.7 Å². The van der Waals surface area contributed by atoms with E-state index in [-0.39, 0.29) is 6.04 Å². The Balaban J connectivity index is 1.85. The highest BCUT2D eigenvalue weighted by atomic mass is 16.5. The number of benzene rings is 1. The summed E-state index contributed by atoms with van der Waals surface area (Å²) in [6.07, 6.45) is 2.90. The normalized spacial score (nSPS) is 19.2. The lowest BCUT2D eigenvalue weighted by Crippen LogP contribution is -2.36. The van der Waals surface area contributed by atoms with Crippen LogP contribution in [-0.4, -0.2) is 22.9 Å². The van der Waals surface area contributed by atoms with E-state index in [0.29, 0.717) is 5.92 Å². The van der Waals surface area contributed by atoms with Crippen LogP contribution in [-0.2, 0) is 13.5 Å². The van der Waals surface area contributed by atoms with Crippen molar-refractivity contribution in [3.8, 4) is 5.75 Å². The quantitative estimate of drug-likeness (QED) is 0.927. The van der Waals surface area contributed by atoms with Gasteiger partial charge < -0.3 is 10.1 Å². The molecule has 1 aliphatic heterocycles. The number of rotatable bonds is 4. The molecule has 0 amide bonds. The van der Waals surface area contributed by atoms with E-state index in [1.165, 1.54) is 11.3 Å². The van der Waals surface area contributed by atoms with E-state index in [0.717, 1.165) is 25.3 Å². The van der Waals surface area contributed by atoms with Gasteiger partial charge in [-0.2, -0.15) is 5.10 Å². The van der Waals surface area contributed by atoms with E-state index in [9.17, 15) is 0 Å². The molecule has 4 heteroatoms. The summed E-state index contributed by atoms with van der Waals surface area (Å²) < 4.78 is 7.88. The fourth-order valence-electron chi connectivity index (χ4n) is 2.99. The second-order valence-electron chi connectivity index (χ2n) is 5.30. The molecular weight excluding hydrogens is 250 g/mol. The number of aryl methyl sites for hydroxylation is 1. The smallest absolute Gasteiger partial charge is 0.122 e. The van der Waals surface area contributed by atoms with Gasteiger partial charge >= 0.3 is 0 Å². The molecule has 2 atom stereocenters. The van der Waals surface area contributed by atoms with Crippen LogP contribution in [0, 0.1) is 5.92 Å². The number of hydrogen-bond donors (Lipinski definition) is 1. The summed E-state index contributed by atoms with van der Waals surface area (Å²) in [5, 5.41) is 7.88. The van der Waals surface area contributed by atoms with Crippen LogP contribution in [0.2, 0.25) is 0 Å². The van der Waals surface area contributed by atoms with Gasteiger partial charge in [-0.1, -0.05) is 25.1 Å². The van der Waals surface area contributed by atoms with Crippen LogP contribution in [0.1, 0.15) is 24.2 Å². The molecule has 2 unspecified atom stereocenters. The van der Waals surface area contributed by atoms with Crippen molar-refractivity contribution in [1.82, 2.24) is 15.1 Å². The standard InChI is InChI=1S/C16H21N3O/c1-3-17-16(14-8-9-18-19(14)2)13-10-12-6-4-5-7-15(12)20-11-13/h4-9,13,16-17H,3,10-11H2,1-2H3. The number of hydrogen-bond acceptors (Lipinski definition) is 3. The topological polar surface area (TPSA) is 39.1 Å². The molecule has 0 bridgehead atoms. The molecular formula is C16H21N3O. The summed E-state index contributed by atoms with van der Waals surface area (Å²) in [5.74, 6) is 1.46. The Morgan fingerprint density at radius 1 is 1.40 bits per heavy atom. The summed E-state index contributed by atoms with van der Waals surface area (Å²) >= 11 is 0. The molecule has 0 saturated carbocycles. The Bertz CT molecular complexity index is 579. The molecule has 1 aromatic carbocycles. The number of para-hydroxylation sites is 1. The molecule has 2 aromatic rings. The maximum atomic E-state index is 5.93. The molecule has 20 heavy (non-hydrogen) atoms. The average Bonchev–Trinajstić information content (AvgIpc) is 2.90. The highest BCUT2D eigenvalue weighted by Gasteiger charge is 2.29. The molecule has 1 aliphatic rings. The SMILES string of the molecule is CCNC(c1ccnn1C)C1COc2ccccc2C1. The summed E-state index contributed by atoms with van der Waals surface area (Å²) in [4.78, 5) is 0. The number of nitrogens with zero attached hydrogens (tertiary/aromatic N) is 2. The first-order chi connectivity index (χ1) is 9.79. The molecule has 2 heterocycles. The predicted molar refractivity (Wildman–Crippen MR) is 78.8 cm³/mol. The van der Waals surface area contributed by atoms with Crippen molar-refractivity contribution in [3.05, 3.63) is 47.8 Å². The number of ether oxygens (including phenoxy) is 1. The molecule has 1 N–H and O–H groups in total. The van der Waals surface area contributed by atoms with Gasteiger partial charge in [0.25, 0.3) is 0 Å². The molecule has 0 saturated heterocycles. The highest BCUT2D eigenvalue weighted by Crippen LogP contribution is 2.33. The maximum absolute atomic E-state index is 5.93. The third kappa shape index (κ3) is 2.43. The zero-order valence-corrected chi connectivity index (χ0v) is 12.0. The van der Waals surface area contributed by atoms with Crippen molar-refractivity contribution >= 4 is 0 Å². The van der Waals surface area contributed by atoms with Gasteiger partial charge in [-0.25, -0.2) is 0 Å². The largest absolute Gasteiger partial charge is 0.493 e. The van der Waals surface area contributed by atoms with Gasteiger partial charge in [0.2, 0.25) is 0 Å². The number of aromatic nitrogens is 2. The third-order valence-electron chi connectivity index (χ3n) is 3.98. The zero-order valence-electron chi connectivity index (χ0n) is 12.0. The molecule has 0 spiro atoms.